The summed E-state index contributed by atoms with van der Waals surface area (Å²) in [5.74, 6) is 1.38. The van der Waals surface area contributed by atoms with E-state index in [1.54, 1.807) is 30.5 Å². The van der Waals surface area contributed by atoms with Gasteiger partial charge in [0.2, 0.25) is 0 Å². The fraction of sp³-hybridized carbons (Fsp3) is 0.312. The van der Waals surface area contributed by atoms with Crippen LogP contribution in [0.1, 0.15) is 12.1 Å². The molecular weight excluding hydrogens is 302 g/mol. The van der Waals surface area contributed by atoms with Gasteiger partial charge in [0.05, 0.1) is 24.3 Å². The Morgan fingerprint density at radius 1 is 0.955 bits per heavy atom. The molecule has 0 fully saturated rings. The van der Waals surface area contributed by atoms with Crippen molar-refractivity contribution < 1.29 is 17.9 Å². The summed E-state index contributed by atoms with van der Waals surface area (Å²) in [4.78, 5) is 4.44. The molecule has 0 aliphatic heterocycles. The molecule has 0 N–H and O–H groups in total. The molecule has 0 aliphatic rings. The van der Waals surface area contributed by atoms with Gasteiger partial charge in [-0.3, -0.25) is 4.98 Å². The van der Waals surface area contributed by atoms with Crippen molar-refractivity contribution >= 4 is 9.84 Å². The molecule has 0 unspecified atom stereocenters. The van der Waals surface area contributed by atoms with Crippen LogP contribution in [0, 0.1) is 6.92 Å². The molecule has 22 heavy (non-hydrogen) atoms. The summed E-state index contributed by atoms with van der Waals surface area (Å²) in [6.45, 7) is 2.95. The molecule has 0 spiro atoms. The number of rotatable bonds is 7. The third-order valence-electron chi connectivity index (χ3n) is 2.96. The van der Waals surface area contributed by atoms with Gasteiger partial charge in [0.25, 0.3) is 0 Å². The monoisotopic (exact) mass is 321 g/mol. The van der Waals surface area contributed by atoms with Crippen molar-refractivity contribution in [3.8, 4) is 11.5 Å². The second kappa shape index (κ2) is 7.26. The Balaban J connectivity index is 1.71. The van der Waals surface area contributed by atoms with Crippen molar-refractivity contribution in [2.45, 2.75) is 18.2 Å². The van der Waals surface area contributed by atoms with Crippen LogP contribution in [-0.2, 0) is 9.84 Å². The van der Waals surface area contributed by atoms with Gasteiger partial charge in [-0.2, -0.15) is 0 Å². The second-order valence-corrected chi connectivity index (χ2v) is 6.95. The highest BCUT2D eigenvalue weighted by atomic mass is 32.2. The smallest absolute Gasteiger partial charge is 0.175 e. The van der Waals surface area contributed by atoms with Crippen molar-refractivity contribution in [1.82, 2.24) is 4.98 Å². The van der Waals surface area contributed by atoms with Crippen LogP contribution in [-0.4, -0.2) is 32.9 Å². The first-order valence-electron chi connectivity index (χ1n) is 6.93. The Labute approximate surface area is 130 Å². The average molecular weight is 321 g/mol. The zero-order valence-electron chi connectivity index (χ0n) is 12.7. The van der Waals surface area contributed by atoms with Crippen LogP contribution in [0.4, 0.5) is 0 Å². The zero-order valence-corrected chi connectivity index (χ0v) is 13.5. The van der Waals surface area contributed by atoms with Gasteiger partial charge >= 0.3 is 0 Å². The number of ether oxygens (including phenoxy) is 2. The highest BCUT2D eigenvalue weighted by Crippen LogP contribution is 2.16. The largest absolute Gasteiger partial charge is 0.493 e. The summed E-state index contributed by atoms with van der Waals surface area (Å²) >= 11 is 0. The van der Waals surface area contributed by atoms with Crippen molar-refractivity contribution in [2.75, 3.05) is 19.5 Å². The minimum absolute atomic E-state index is 0.287. The Kier molecular flexibility index (Phi) is 5.38. The van der Waals surface area contributed by atoms with Gasteiger partial charge in [-0.05, 0) is 43.3 Å². The number of aromatic nitrogens is 1. The van der Waals surface area contributed by atoms with Crippen LogP contribution in [0.15, 0.2) is 47.5 Å². The number of hydrogen-bond donors (Lipinski definition) is 0. The van der Waals surface area contributed by atoms with Crippen LogP contribution in [0.5, 0.6) is 11.5 Å². The number of sulfone groups is 1. The SMILES string of the molecule is Cc1ccc(OCCCOc2ccc(S(C)(=O)=O)cc2)cn1. The van der Waals surface area contributed by atoms with Crippen molar-refractivity contribution in [3.05, 3.63) is 48.3 Å². The summed E-state index contributed by atoms with van der Waals surface area (Å²) in [5, 5.41) is 0. The van der Waals surface area contributed by atoms with Gasteiger partial charge in [-0.1, -0.05) is 0 Å². The highest BCUT2D eigenvalue weighted by Gasteiger charge is 2.06. The molecule has 0 bridgehead atoms. The summed E-state index contributed by atoms with van der Waals surface area (Å²) in [5.41, 5.74) is 0.952. The third-order valence-corrected chi connectivity index (χ3v) is 4.09. The van der Waals surface area contributed by atoms with E-state index in [0.29, 0.717) is 19.0 Å². The molecule has 1 aromatic carbocycles. The van der Waals surface area contributed by atoms with Crippen LogP contribution in [0.2, 0.25) is 0 Å². The minimum Gasteiger partial charge on any atom is -0.493 e. The van der Waals surface area contributed by atoms with Crippen LogP contribution < -0.4 is 9.47 Å². The normalized spacial score (nSPS) is 11.2. The fourth-order valence-corrected chi connectivity index (χ4v) is 2.39. The molecule has 5 nitrogen and oxygen atoms in total. The first kappa shape index (κ1) is 16.3. The lowest BCUT2D eigenvalue weighted by Crippen LogP contribution is -2.05. The molecule has 0 aliphatic carbocycles. The second-order valence-electron chi connectivity index (χ2n) is 4.93. The lowest BCUT2D eigenvalue weighted by atomic mass is 10.3. The number of aryl methyl sites for hydroxylation is 1. The van der Waals surface area contributed by atoms with E-state index >= 15 is 0 Å². The molecule has 1 heterocycles. The maximum atomic E-state index is 11.3. The van der Waals surface area contributed by atoms with Gasteiger partial charge < -0.3 is 9.47 Å². The molecule has 0 amide bonds. The summed E-state index contributed by atoms with van der Waals surface area (Å²) in [6.07, 6.45) is 3.60. The van der Waals surface area contributed by atoms with Gasteiger partial charge in [-0.25, -0.2) is 8.42 Å². The predicted molar refractivity (Wildman–Crippen MR) is 84.1 cm³/mol. The Hall–Kier alpha value is -2.08. The molecule has 0 saturated carbocycles. The third kappa shape index (κ3) is 5.04. The molecule has 0 saturated heterocycles. The van der Waals surface area contributed by atoms with Crippen molar-refractivity contribution in [3.63, 3.8) is 0 Å². The average Bonchev–Trinajstić information content (AvgIpc) is 2.48. The molecule has 0 radical (unpaired) electrons. The van der Waals surface area contributed by atoms with E-state index in [0.717, 1.165) is 17.9 Å². The zero-order chi connectivity index (χ0) is 16.0. The van der Waals surface area contributed by atoms with E-state index in [1.807, 2.05) is 19.1 Å². The van der Waals surface area contributed by atoms with Gasteiger partial charge in [0, 0.05) is 18.4 Å². The van der Waals surface area contributed by atoms with E-state index in [2.05, 4.69) is 4.98 Å². The Morgan fingerprint density at radius 2 is 1.55 bits per heavy atom. The van der Waals surface area contributed by atoms with Crippen LogP contribution >= 0.6 is 0 Å². The Bertz CT molecular complexity index is 694. The molecule has 1 aromatic heterocycles. The van der Waals surface area contributed by atoms with E-state index in [4.69, 9.17) is 9.47 Å². The number of nitrogens with zero attached hydrogens (tertiary/aromatic N) is 1. The number of hydrogen-bond acceptors (Lipinski definition) is 5. The van der Waals surface area contributed by atoms with Gasteiger partial charge in [0.15, 0.2) is 9.84 Å². The van der Waals surface area contributed by atoms with Crippen LogP contribution in [0.25, 0.3) is 0 Å². The summed E-state index contributed by atoms with van der Waals surface area (Å²) < 4.78 is 33.8. The highest BCUT2D eigenvalue weighted by molar-refractivity contribution is 7.90. The first-order valence-corrected chi connectivity index (χ1v) is 8.83. The maximum absolute atomic E-state index is 11.3. The molecule has 2 rings (SSSR count). The first-order chi connectivity index (χ1) is 10.4. The summed E-state index contributed by atoms with van der Waals surface area (Å²) in [6, 6.07) is 10.2. The topological polar surface area (TPSA) is 65.5 Å². The molecular formula is C16H19NO4S. The van der Waals surface area contributed by atoms with Gasteiger partial charge in [-0.15, -0.1) is 0 Å². The van der Waals surface area contributed by atoms with E-state index in [1.165, 1.54) is 6.26 Å². The standard InChI is InChI=1S/C16H19NO4S/c1-13-4-5-15(12-17-13)21-11-3-10-20-14-6-8-16(9-7-14)22(2,18)19/h4-9,12H,3,10-11H2,1-2H3. The van der Waals surface area contributed by atoms with Crippen LogP contribution in [0.3, 0.4) is 0 Å². The Morgan fingerprint density at radius 3 is 2.09 bits per heavy atom. The molecule has 0 atom stereocenters. The van der Waals surface area contributed by atoms with Crippen molar-refractivity contribution in [1.29, 1.82) is 0 Å². The van der Waals surface area contributed by atoms with Gasteiger partial charge in [0.1, 0.15) is 11.5 Å². The lowest BCUT2D eigenvalue weighted by Gasteiger charge is -2.08. The molecule has 6 heteroatoms. The summed E-state index contributed by atoms with van der Waals surface area (Å²) in [7, 11) is -3.16. The predicted octanol–water partition coefficient (Wildman–Crippen LogP) is 2.64. The van der Waals surface area contributed by atoms with Crippen molar-refractivity contribution in [2.24, 2.45) is 0 Å². The molecule has 2 aromatic rings. The quantitative estimate of drug-likeness (QED) is 0.734. The van der Waals surface area contributed by atoms with E-state index < -0.39 is 9.84 Å². The number of pyridine rings is 1. The maximum Gasteiger partial charge on any atom is 0.175 e. The lowest BCUT2D eigenvalue weighted by molar-refractivity contribution is 0.247. The molecule has 118 valence electrons. The van der Waals surface area contributed by atoms with E-state index in [-0.39, 0.29) is 4.90 Å². The minimum atomic E-state index is -3.16. The number of benzene rings is 1. The van der Waals surface area contributed by atoms with E-state index in [9.17, 15) is 8.42 Å². The fourth-order valence-electron chi connectivity index (χ4n) is 1.76.